The molecule has 1 atom stereocenters. The van der Waals surface area contributed by atoms with Crippen LogP contribution in [-0.2, 0) is 15.7 Å². The fourth-order valence-electron chi connectivity index (χ4n) is 2.55. The van der Waals surface area contributed by atoms with Gasteiger partial charge in [0.2, 0.25) is 11.8 Å². The average molecular weight is 340 g/mol. The minimum absolute atomic E-state index is 0.245. The Morgan fingerprint density at radius 2 is 2.21 bits per heavy atom. The number of pyridine rings is 1. The molecule has 0 fully saturated rings. The number of hydrogen-bond donors (Lipinski definition) is 2. The summed E-state index contributed by atoms with van der Waals surface area (Å²) in [5, 5.41) is 5.41. The molecule has 1 aliphatic rings. The molecule has 3 N–H and O–H groups in total. The molecular weight excluding hydrogens is 329 g/mol. The maximum absolute atomic E-state index is 13.3. The fourth-order valence-corrected chi connectivity index (χ4v) is 2.55. The SMILES string of the molecule is COC(=O)C1=C(N)Oc2n[nH]c(C(F)(F)F)c2[C@@H]1c1cccnc1. The molecule has 0 unspecified atom stereocenters. The van der Waals surface area contributed by atoms with E-state index in [9.17, 15) is 18.0 Å². The van der Waals surface area contributed by atoms with E-state index in [1.165, 1.54) is 24.5 Å². The minimum atomic E-state index is -4.72. The highest BCUT2D eigenvalue weighted by molar-refractivity contribution is 5.92. The van der Waals surface area contributed by atoms with Gasteiger partial charge in [-0.2, -0.15) is 13.2 Å². The first-order chi connectivity index (χ1) is 11.3. The number of rotatable bonds is 2. The van der Waals surface area contributed by atoms with Crippen molar-refractivity contribution >= 4 is 5.97 Å². The van der Waals surface area contributed by atoms with Crippen molar-refractivity contribution in [2.75, 3.05) is 7.11 Å². The van der Waals surface area contributed by atoms with Gasteiger partial charge in [-0.25, -0.2) is 4.79 Å². The molecule has 0 aromatic carbocycles. The Kier molecular flexibility index (Phi) is 3.66. The summed E-state index contributed by atoms with van der Waals surface area (Å²) in [5.74, 6) is -2.80. The van der Waals surface area contributed by atoms with Crippen molar-refractivity contribution < 1.29 is 27.4 Å². The number of esters is 1. The monoisotopic (exact) mass is 340 g/mol. The van der Waals surface area contributed by atoms with Crippen molar-refractivity contribution in [1.29, 1.82) is 0 Å². The zero-order chi connectivity index (χ0) is 17.5. The number of nitrogens with two attached hydrogens (primary N) is 1. The Morgan fingerprint density at radius 1 is 1.46 bits per heavy atom. The second kappa shape index (κ2) is 5.55. The Balaban J connectivity index is 2.27. The summed E-state index contributed by atoms with van der Waals surface area (Å²) in [4.78, 5) is 16.0. The van der Waals surface area contributed by atoms with Gasteiger partial charge in [-0.1, -0.05) is 6.07 Å². The molecule has 0 amide bonds. The summed E-state index contributed by atoms with van der Waals surface area (Å²) >= 11 is 0. The fraction of sp³-hybridized carbons (Fsp3) is 0.214. The number of nitrogens with one attached hydrogen (secondary N) is 1. The topological polar surface area (TPSA) is 103 Å². The van der Waals surface area contributed by atoms with E-state index in [2.05, 4.69) is 14.8 Å². The summed E-state index contributed by atoms with van der Waals surface area (Å²) in [6.07, 6.45) is -1.93. The first-order valence-corrected chi connectivity index (χ1v) is 6.65. The van der Waals surface area contributed by atoms with E-state index in [0.717, 1.165) is 7.11 Å². The number of ether oxygens (including phenoxy) is 2. The van der Waals surface area contributed by atoms with Crippen LogP contribution < -0.4 is 10.5 Å². The van der Waals surface area contributed by atoms with Crippen LogP contribution in [0.3, 0.4) is 0 Å². The van der Waals surface area contributed by atoms with Crippen LogP contribution in [0.1, 0.15) is 22.7 Å². The number of aromatic amines is 1. The number of carbonyl (C=O) groups is 1. The molecule has 0 aliphatic carbocycles. The van der Waals surface area contributed by atoms with Crippen LogP contribution in [0.5, 0.6) is 5.88 Å². The van der Waals surface area contributed by atoms with Gasteiger partial charge < -0.3 is 15.2 Å². The molecule has 1 aliphatic heterocycles. The first kappa shape index (κ1) is 15.8. The van der Waals surface area contributed by atoms with E-state index in [0.29, 0.717) is 5.56 Å². The van der Waals surface area contributed by atoms with Crippen LogP contribution in [0.25, 0.3) is 0 Å². The van der Waals surface area contributed by atoms with E-state index < -0.39 is 23.8 Å². The van der Waals surface area contributed by atoms with Crippen molar-refractivity contribution in [2.24, 2.45) is 5.73 Å². The average Bonchev–Trinajstić information content (AvgIpc) is 2.97. The number of alkyl halides is 3. The maximum Gasteiger partial charge on any atom is 0.433 e. The van der Waals surface area contributed by atoms with Crippen LogP contribution >= 0.6 is 0 Å². The Bertz CT molecular complexity index is 814. The van der Waals surface area contributed by atoms with Gasteiger partial charge in [0.05, 0.1) is 18.6 Å². The van der Waals surface area contributed by atoms with Crippen LogP contribution in [0.2, 0.25) is 0 Å². The zero-order valence-electron chi connectivity index (χ0n) is 12.2. The number of nitrogens with zero attached hydrogens (tertiary/aromatic N) is 2. The number of fused-ring (bicyclic) bond motifs is 1. The zero-order valence-corrected chi connectivity index (χ0v) is 12.2. The number of methoxy groups -OCH3 is 1. The van der Waals surface area contributed by atoms with Gasteiger partial charge in [0.15, 0.2) is 0 Å². The lowest BCUT2D eigenvalue weighted by atomic mass is 9.84. The molecule has 126 valence electrons. The number of H-pyrrole nitrogens is 1. The smallest absolute Gasteiger partial charge is 0.433 e. The third-order valence-electron chi connectivity index (χ3n) is 3.52. The Morgan fingerprint density at radius 3 is 2.79 bits per heavy atom. The molecular formula is C14H11F3N4O3. The third-order valence-corrected chi connectivity index (χ3v) is 3.52. The second-order valence-corrected chi connectivity index (χ2v) is 4.91. The van der Waals surface area contributed by atoms with Gasteiger partial charge in [0.1, 0.15) is 11.3 Å². The minimum Gasteiger partial charge on any atom is -0.465 e. The summed E-state index contributed by atoms with van der Waals surface area (Å²) in [5.41, 5.74) is 4.32. The molecule has 24 heavy (non-hydrogen) atoms. The second-order valence-electron chi connectivity index (χ2n) is 4.91. The van der Waals surface area contributed by atoms with Crippen LogP contribution in [0, 0.1) is 0 Å². The summed E-state index contributed by atoms with van der Waals surface area (Å²) < 4.78 is 49.6. The highest BCUT2D eigenvalue weighted by Gasteiger charge is 2.46. The largest absolute Gasteiger partial charge is 0.465 e. The van der Waals surface area contributed by atoms with Gasteiger partial charge >= 0.3 is 12.1 Å². The molecule has 0 bridgehead atoms. The van der Waals surface area contributed by atoms with E-state index in [1.54, 1.807) is 0 Å². The predicted molar refractivity (Wildman–Crippen MR) is 73.5 cm³/mol. The molecule has 3 rings (SSSR count). The summed E-state index contributed by atoms with van der Waals surface area (Å²) in [6, 6.07) is 3.05. The Hall–Kier alpha value is -3.04. The van der Waals surface area contributed by atoms with Crippen LogP contribution in [0.4, 0.5) is 13.2 Å². The lowest BCUT2D eigenvalue weighted by Crippen LogP contribution is -2.28. The number of aromatic nitrogens is 3. The molecule has 0 spiro atoms. The molecule has 7 nitrogen and oxygen atoms in total. The van der Waals surface area contributed by atoms with Crippen molar-refractivity contribution in [1.82, 2.24) is 15.2 Å². The normalized spacial score (nSPS) is 17.2. The number of hydrogen-bond acceptors (Lipinski definition) is 6. The predicted octanol–water partition coefficient (Wildman–Crippen LogP) is 1.69. The third kappa shape index (κ3) is 2.45. The summed E-state index contributed by atoms with van der Waals surface area (Å²) in [7, 11) is 1.10. The lowest BCUT2D eigenvalue weighted by Gasteiger charge is -2.26. The number of halogens is 3. The molecule has 10 heteroatoms. The molecule has 2 aromatic rings. The van der Waals surface area contributed by atoms with Gasteiger partial charge in [-0.15, -0.1) is 5.10 Å². The van der Waals surface area contributed by atoms with Gasteiger partial charge in [-0.3, -0.25) is 10.1 Å². The first-order valence-electron chi connectivity index (χ1n) is 6.65. The lowest BCUT2D eigenvalue weighted by molar-refractivity contribution is -0.142. The highest BCUT2D eigenvalue weighted by atomic mass is 19.4. The van der Waals surface area contributed by atoms with E-state index in [4.69, 9.17) is 10.5 Å². The summed E-state index contributed by atoms with van der Waals surface area (Å²) in [6.45, 7) is 0. The van der Waals surface area contributed by atoms with Crippen molar-refractivity contribution in [3.05, 3.63) is 52.8 Å². The van der Waals surface area contributed by atoms with E-state index in [-0.39, 0.29) is 22.9 Å². The van der Waals surface area contributed by atoms with Crippen molar-refractivity contribution in [3.8, 4) is 5.88 Å². The van der Waals surface area contributed by atoms with Gasteiger partial charge in [0, 0.05) is 12.4 Å². The van der Waals surface area contributed by atoms with E-state index in [1.807, 2.05) is 5.10 Å². The quantitative estimate of drug-likeness (QED) is 0.807. The standard InChI is InChI=1S/C14H11F3N4O3/c1-23-13(22)9-7(6-3-2-4-19-5-6)8-10(14(15,16)17)20-21-12(8)24-11(9)18/h2-5,7H,18H2,1H3,(H,20,21)/t7-/m0/s1. The van der Waals surface area contributed by atoms with E-state index >= 15 is 0 Å². The molecule has 3 heterocycles. The molecule has 2 aromatic heterocycles. The molecule has 0 saturated carbocycles. The Labute approximate surface area is 133 Å². The highest BCUT2D eigenvalue weighted by Crippen LogP contribution is 2.47. The molecule has 0 radical (unpaired) electrons. The van der Waals surface area contributed by atoms with Crippen LogP contribution in [0.15, 0.2) is 36.0 Å². The van der Waals surface area contributed by atoms with Gasteiger partial charge in [-0.05, 0) is 11.6 Å². The van der Waals surface area contributed by atoms with Crippen molar-refractivity contribution in [3.63, 3.8) is 0 Å². The van der Waals surface area contributed by atoms with Gasteiger partial charge in [0.25, 0.3) is 0 Å². The van der Waals surface area contributed by atoms with Crippen molar-refractivity contribution in [2.45, 2.75) is 12.1 Å². The number of carbonyl (C=O) groups excluding carboxylic acids is 1. The molecule has 0 saturated heterocycles. The van der Waals surface area contributed by atoms with Crippen LogP contribution in [-0.4, -0.2) is 28.3 Å². The maximum atomic E-state index is 13.3.